The minimum atomic E-state index is -0.415. The quantitative estimate of drug-likeness (QED) is 0.565. The molecule has 104 valence electrons. The molecule has 0 amide bonds. The van der Waals surface area contributed by atoms with Crippen LogP contribution >= 0.6 is 0 Å². The molecule has 0 spiro atoms. The van der Waals surface area contributed by atoms with E-state index in [0.29, 0.717) is 5.41 Å². The number of nitrogens with zero attached hydrogens (tertiary/aromatic N) is 1. The van der Waals surface area contributed by atoms with E-state index >= 15 is 0 Å². The zero-order valence-electron chi connectivity index (χ0n) is 12.3. The van der Waals surface area contributed by atoms with Crippen LogP contribution in [-0.2, 0) is 9.53 Å². The van der Waals surface area contributed by atoms with E-state index in [0.717, 1.165) is 6.42 Å². The molecule has 1 fully saturated rings. The molecule has 0 atom stereocenters. The SMILES string of the molecule is CC1(C/C=N/CC(=O)OC(C)(C)C)CCCCC1. The molecule has 0 saturated heterocycles. The monoisotopic (exact) mass is 253 g/mol. The lowest BCUT2D eigenvalue weighted by Crippen LogP contribution is -2.25. The number of ether oxygens (including phenoxy) is 1. The van der Waals surface area contributed by atoms with Gasteiger partial charge < -0.3 is 4.74 Å². The summed E-state index contributed by atoms with van der Waals surface area (Å²) in [5.41, 5.74) is -0.0162. The summed E-state index contributed by atoms with van der Waals surface area (Å²) in [5.74, 6) is -0.243. The topological polar surface area (TPSA) is 38.7 Å². The smallest absolute Gasteiger partial charge is 0.328 e. The largest absolute Gasteiger partial charge is 0.459 e. The van der Waals surface area contributed by atoms with Crippen molar-refractivity contribution in [1.29, 1.82) is 0 Å². The summed E-state index contributed by atoms with van der Waals surface area (Å²) in [6.45, 7) is 8.09. The average molecular weight is 253 g/mol. The second-order valence-electron chi connectivity index (χ2n) is 6.69. The van der Waals surface area contributed by atoms with E-state index in [1.54, 1.807) is 0 Å². The lowest BCUT2D eigenvalue weighted by atomic mass is 9.74. The number of carbonyl (C=O) groups is 1. The summed E-state index contributed by atoms with van der Waals surface area (Å²) in [4.78, 5) is 15.6. The number of hydrogen-bond acceptors (Lipinski definition) is 3. The lowest BCUT2D eigenvalue weighted by molar-refractivity contribution is -0.152. The molecule has 1 saturated carbocycles. The molecule has 1 aliphatic carbocycles. The number of esters is 1. The van der Waals surface area contributed by atoms with Gasteiger partial charge in [0.1, 0.15) is 12.1 Å². The van der Waals surface area contributed by atoms with Crippen LogP contribution in [0.3, 0.4) is 0 Å². The highest BCUT2D eigenvalue weighted by Gasteiger charge is 2.25. The van der Waals surface area contributed by atoms with E-state index in [4.69, 9.17) is 4.74 Å². The highest BCUT2D eigenvalue weighted by molar-refractivity contribution is 5.74. The third-order valence-corrected chi connectivity index (χ3v) is 3.41. The Hall–Kier alpha value is -0.860. The van der Waals surface area contributed by atoms with Crippen LogP contribution in [0, 0.1) is 5.41 Å². The summed E-state index contributed by atoms with van der Waals surface area (Å²) in [7, 11) is 0. The Morgan fingerprint density at radius 1 is 1.28 bits per heavy atom. The fourth-order valence-corrected chi connectivity index (χ4v) is 2.41. The Morgan fingerprint density at radius 3 is 2.44 bits per heavy atom. The predicted molar refractivity (Wildman–Crippen MR) is 75.0 cm³/mol. The van der Waals surface area contributed by atoms with Gasteiger partial charge in [0.2, 0.25) is 0 Å². The first-order chi connectivity index (χ1) is 8.31. The normalized spacial score (nSPS) is 20.0. The number of aliphatic imine (C=N–C) groups is 1. The minimum absolute atomic E-state index is 0.146. The van der Waals surface area contributed by atoms with Crippen molar-refractivity contribution in [3.63, 3.8) is 0 Å². The molecule has 0 bridgehead atoms. The average Bonchev–Trinajstić information content (AvgIpc) is 2.23. The van der Waals surface area contributed by atoms with Gasteiger partial charge in [-0.25, -0.2) is 0 Å². The zero-order valence-corrected chi connectivity index (χ0v) is 12.3. The lowest BCUT2D eigenvalue weighted by Gasteiger charge is -2.32. The maximum atomic E-state index is 11.5. The molecule has 0 aliphatic heterocycles. The van der Waals surface area contributed by atoms with Gasteiger partial charge in [0.05, 0.1) is 0 Å². The van der Waals surface area contributed by atoms with E-state index < -0.39 is 5.60 Å². The van der Waals surface area contributed by atoms with Crippen molar-refractivity contribution in [1.82, 2.24) is 0 Å². The van der Waals surface area contributed by atoms with Crippen LogP contribution in [-0.4, -0.2) is 24.3 Å². The standard InChI is InChI=1S/C15H27NO2/c1-14(2,3)18-13(17)12-16-11-10-15(4)8-6-5-7-9-15/h11H,5-10,12H2,1-4H3/b16-11+. The first-order valence-electron chi connectivity index (χ1n) is 7.01. The van der Waals surface area contributed by atoms with Crippen molar-refractivity contribution >= 4 is 12.2 Å². The number of rotatable bonds is 4. The first-order valence-corrected chi connectivity index (χ1v) is 7.01. The summed E-state index contributed by atoms with van der Waals surface area (Å²) in [6.07, 6.45) is 9.49. The Morgan fingerprint density at radius 2 is 1.89 bits per heavy atom. The molecule has 0 unspecified atom stereocenters. The minimum Gasteiger partial charge on any atom is -0.459 e. The first kappa shape index (κ1) is 15.2. The molecule has 0 heterocycles. The van der Waals surface area contributed by atoms with Gasteiger partial charge in [-0.3, -0.25) is 9.79 Å². The Labute approximate surface area is 111 Å². The molecule has 0 aromatic rings. The third-order valence-electron chi connectivity index (χ3n) is 3.41. The zero-order chi connectivity index (χ0) is 13.6. The third kappa shape index (κ3) is 6.18. The van der Waals surface area contributed by atoms with Crippen molar-refractivity contribution < 1.29 is 9.53 Å². The molecule has 0 radical (unpaired) electrons. The van der Waals surface area contributed by atoms with Crippen LogP contribution in [0.25, 0.3) is 0 Å². The van der Waals surface area contributed by atoms with Gasteiger partial charge in [0, 0.05) is 0 Å². The summed E-state index contributed by atoms with van der Waals surface area (Å²) in [6, 6.07) is 0. The molecule has 1 aliphatic rings. The molecule has 0 aromatic carbocycles. The second-order valence-corrected chi connectivity index (χ2v) is 6.69. The van der Waals surface area contributed by atoms with E-state index in [-0.39, 0.29) is 12.5 Å². The van der Waals surface area contributed by atoms with E-state index in [9.17, 15) is 4.79 Å². The van der Waals surface area contributed by atoms with E-state index in [1.807, 2.05) is 27.0 Å². The predicted octanol–water partition coefficient (Wildman–Crippen LogP) is 3.76. The Bertz CT molecular complexity index is 296. The van der Waals surface area contributed by atoms with E-state index in [1.165, 1.54) is 32.1 Å². The Balaban J connectivity index is 2.26. The highest BCUT2D eigenvalue weighted by atomic mass is 16.6. The van der Waals surface area contributed by atoms with Crippen molar-refractivity contribution in [2.45, 2.75) is 71.8 Å². The van der Waals surface area contributed by atoms with Gasteiger partial charge in [0.15, 0.2) is 0 Å². The van der Waals surface area contributed by atoms with Gasteiger partial charge in [-0.2, -0.15) is 0 Å². The van der Waals surface area contributed by atoms with Gasteiger partial charge in [0.25, 0.3) is 0 Å². The van der Waals surface area contributed by atoms with Crippen molar-refractivity contribution in [2.24, 2.45) is 10.4 Å². The number of hydrogen-bond donors (Lipinski definition) is 0. The van der Waals surface area contributed by atoms with Gasteiger partial charge in [-0.15, -0.1) is 0 Å². The molecule has 0 N–H and O–H groups in total. The maximum Gasteiger partial charge on any atom is 0.328 e. The van der Waals surface area contributed by atoms with Gasteiger partial charge in [-0.1, -0.05) is 26.2 Å². The molecular weight excluding hydrogens is 226 g/mol. The fraction of sp³-hybridized carbons (Fsp3) is 0.867. The molecule has 3 heteroatoms. The second kappa shape index (κ2) is 6.35. The summed E-state index contributed by atoms with van der Waals surface area (Å²) in [5, 5.41) is 0. The van der Waals surface area contributed by atoms with E-state index in [2.05, 4.69) is 11.9 Å². The van der Waals surface area contributed by atoms with Crippen LogP contribution in [0.2, 0.25) is 0 Å². The van der Waals surface area contributed by atoms with Crippen LogP contribution in [0.15, 0.2) is 4.99 Å². The van der Waals surface area contributed by atoms with Crippen molar-refractivity contribution in [3.8, 4) is 0 Å². The van der Waals surface area contributed by atoms with Crippen LogP contribution < -0.4 is 0 Å². The molecular formula is C15H27NO2. The molecule has 18 heavy (non-hydrogen) atoms. The number of carbonyl (C=O) groups excluding carboxylic acids is 1. The maximum absolute atomic E-state index is 11.5. The van der Waals surface area contributed by atoms with Crippen molar-refractivity contribution in [2.75, 3.05) is 6.54 Å². The summed E-state index contributed by atoms with van der Waals surface area (Å²) >= 11 is 0. The van der Waals surface area contributed by atoms with Crippen LogP contribution in [0.4, 0.5) is 0 Å². The van der Waals surface area contributed by atoms with Crippen LogP contribution in [0.1, 0.15) is 66.2 Å². The fourth-order valence-electron chi connectivity index (χ4n) is 2.41. The Kier molecular flexibility index (Phi) is 5.36. The van der Waals surface area contributed by atoms with Gasteiger partial charge >= 0.3 is 5.97 Å². The van der Waals surface area contributed by atoms with Crippen LogP contribution in [0.5, 0.6) is 0 Å². The molecule has 0 aromatic heterocycles. The molecule has 1 rings (SSSR count). The van der Waals surface area contributed by atoms with Crippen molar-refractivity contribution in [3.05, 3.63) is 0 Å². The van der Waals surface area contributed by atoms with Gasteiger partial charge in [-0.05, 0) is 51.7 Å². The highest BCUT2D eigenvalue weighted by Crippen LogP contribution is 2.37. The molecule has 3 nitrogen and oxygen atoms in total. The summed E-state index contributed by atoms with van der Waals surface area (Å²) < 4.78 is 5.20.